The van der Waals surface area contributed by atoms with Gasteiger partial charge in [0.2, 0.25) is 65.0 Å². The zero-order valence-electron chi connectivity index (χ0n) is 54.4. The molecular weight excluding hydrogens is 1220 g/mol. The SMILES string of the molecule is CCCC[C@H](NC(=O)[C@H](CCC(N)=O)NC(=O)[C@H](CCCCN)NC(=O)C(C)(C)NC(=O)[C@H](CCCC)NC(=O)[C@H](CC(=O)O)NCc1ccccc1)C(=O)N[C@@H](CCC(=O)O)C(=O)N[C@@H](CCC(=O)O)C(=O)N[C@@H](CCC(=O)O)C(=O)N[C@@H](C)C(=O)N[C@H](C)C(C)C. The van der Waals surface area contributed by atoms with Gasteiger partial charge in [0.15, 0.2) is 0 Å². The predicted molar refractivity (Wildman–Crippen MR) is 336 cm³/mol. The second-order valence-electron chi connectivity index (χ2n) is 23.7. The van der Waals surface area contributed by atoms with Crippen LogP contribution in [0, 0.1) is 5.92 Å². The van der Waals surface area contributed by atoms with Crippen LogP contribution in [-0.2, 0) is 78.5 Å². The van der Waals surface area contributed by atoms with Gasteiger partial charge in [-0.05, 0) is 104 Å². The smallest absolute Gasteiger partial charge is 0.305 e. The second kappa shape index (κ2) is 43.1. The van der Waals surface area contributed by atoms with E-state index in [-0.39, 0.29) is 57.2 Å². The lowest BCUT2D eigenvalue weighted by Crippen LogP contribution is -2.63. The standard InChI is InChI=1S/C61H99N13O19/c1-9-11-20-38(53(86)71-43(25-29-48(78)79)57(90)72-44(26-30-49(80)81)56(89)70-42(24-28-47(76)77)52(85)66-36(6)51(84)65-35(5)34(3)4)67-55(88)41(23-27-46(63)75)69-54(87)39(22-16-17-31-62)73-60(93)61(7,8)74-59(92)40(21-12-10-2)68-58(91)45(32-50(82)83)64-33-37-18-14-13-15-19-37/h13-15,18-19,34-36,38-45,64H,9-12,16-17,20-33,62H2,1-8H3,(H2,63,75)(H,65,84)(H,66,85)(H,67,88)(H,68,91)(H,69,87)(H,70,89)(H,71,86)(H,72,90)(H,73,93)(H,74,92)(H,76,77)(H,78,79)(H,80,81)(H,82,83)/t35-,36+,38+,39+,40+,41+,42+,43+,44+,45+/m1/s1. The van der Waals surface area contributed by atoms with E-state index in [0.717, 1.165) is 5.56 Å². The molecule has 0 aliphatic carbocycles. The monoisotopic (exact) mass is 1320 g/mol. The summed E-state index contributed by atoms with van der Waals surface area (Å²) in [5, 5.41) is 66.1. The number of hydrogen-bond donors (Lipinski definition) is 17. The zero-order valence-corrected chi connectivity index (χ0v) is 54.4. The minimum Gasteiger partial charge on any atom is -0.481 e. The molecule has 0 saturated heterocycles. The van der Waals surface area contributed by atoms with Crippen LogP contribution in [0.4, 0.5) is 0 Å². The number of amides is 11. The van der Waals surface area contributed by atoms with Crippen molar-refractivity contribution in [2.24, 2.45) is 17.4 Å². The lowest BCUT2D eigenvalue weighted by Gasteiger charge is -2.31. The van der Waals surface area contributed by atoms with Crippen molar-refractivity contribution < 1.29 is 92.3 Å². The van der Waals surface area contributed by atoms with Crippen molar-refractivity contribution in [1.82, 2.24) is 58.5 Å². The maximum atomic E-state index is 14.3. The van der Waals surface area contributed by atoms with Crippen LogP contribution in [0.1, 0.15) is 177 Å². The summed E-state index contributed by atoms with van der Waals surface area (Å²) in [6, 6.07) is -5.13. The Hall–Kier alpha value is -8.81. The first-order chi connectivity index (χ1) is 43.7. The molecule has 32 nitrogen and oxygen atoms in total. The molecule has 0 bridgehead atoms. The molecular formula is C61H99N13O19. The summed E-state index contributed by atoms with van der Waals surface area (Å²) in [7, 11) is 0. The molecule has 1 rings (SSSR count). The van der Waals surface area contributed by atoms with Crippen molar-refractivity contribution in [2.45, 2.75) is 243 Å². The normalized spacial score (nSPS) is 14.4. The van der Waals surface area contributed by atoms with Crippen molar-refractivity contribution >= 4 is 88.9 Å². The second-order valence-corrected chi connectivity index (χ2v) is 23.7. The molecule has 522 valence electrons. The first-order valence-electron chi connectivity index (χ1n) is 31.3. The average molecular weight is 1320 g/mol. The van der Waals surface area contributed by atoms with Crippen LogP contribution in [0.3, 0.4) is 0 Å². The molecule has 10 atom stereocenters. The number of carbonyl (C=O) groups excluding carboxylic acids is 11. The van der Waals surface area contributed by atoms with Gasteiger partial charge in [-0.3, -0.25) is 71.9 Å². The number of rotatable bonds is 48. The van der Waals surface area contributed by atoms with E-state index in [0.29, 0.717) is 25.7 Å². The fourth-order valence-corrected chi connectivity index (χ4v) is 8.87. The first kappa shape index (κ1) is 82.2. The molecule has 0 aromatic heterocycles. The van der Waals surface area contributed by atoms with Crippen molar-refractivity contribution in [3.63, 3.8) is 0 Å². The lowest BCUT2D eigenvalue weighted by atomic mass is 9.99. The Kier molecular flexibility index (Phi) is 38.1. The van der Waals surface area contributed by atoms with Gasteiger partial charge in [0.05, 0.1) is 12.5 Å². The highest BCUT2D eigenvalue weighted by Gasteiger charge is 2.38. The van der Waals surface area contributed by atoms with Crippen LogP contribution in [0.15, 0.2) is 30.3 Å². The number of carbonyl (C=O) groups is 15. The number of carboxylic acid groups (broad SMARTS) is 4. The molecule has 1 aromatic carbocycles. The van der Waals surface area contributed by atoms with Crippen molar-refractivity contribution in [3.05, 3.63) is 35.9 Å². The molecule has 32 heteroatoms. The Bertz CT molecular complexity index is 2700. The van der Waals surface area contributed by atoms with Crippen molar-refractivity contribution in [1.29, 1.82) is 0 Å². The van der Waals surface area contributed by atoms with Crippen LogP contribution in [0.5, 0.6) is 0 Å². The fraction of sp³-hybridized carbons (Fsp3) is 0.656. The van der Waals surface area contributed by atoms with Gasteiger partial charge < -0.3 is 90.4 Å². The molecule has 0 heterocycles. The summed E-state index contributed by atoms with van der Waals surface area (Å²) in [5.41, 5.74) is 10.2. The number of benzene rings is 1. The molecule has 0 unspecified atom stereocenters. The Labute approximate surface area is 541 Å². The number of hydrogen-bond acceptors (Lipinski definition) is 17. The molecule has 0 spiro atoms. The van der Waals surface area contributed by atoms with Gasteiger partial charge in [-0.1, -0.05) is 83.7 Å². The molecule has 0 aliphatic rings. The van der Waals surface area contributed by atoms with Gasteiger partial charge in [0.25, 0.3) is 0 Å². The highest BCUT2D eigenvalue weighted by atomic mass is 16.4. The summed E-state index contributed by atoms with van der Waals surface area (Å²) >= 11 is 0. The van der Waals surface area contributed by atoms with Crippen molar-refractivity contribution in [2.75, 3.05) is 6.54 Å². The minimum atomic E-state index is -1.83. The Morgan fingerprint density at radius 2 is 0.796 bits per heavy atom. The van der Waals surface area contributed by atoms with Crippen LogP contribution >= 0.6 is 0 Å². The Balaban J connectivity index is 3.58. The van der Waals surface area contributed by atoms with Crippen LogP contribution in [0.2, 0.25) is 0 Å². The molecule has 0 aliphatic heterocycles. The van der Waals surface area contributed by atoms with E-state index in [4.69, 9.17) is 11.5 Å². The van der Waals surface area contributed by atoms with Gasteiger partial charge in [0.1, 0.15) is 53.9 Å². The van der Waals surface area contributed by atoms with E-state index in [1.807, 2.05) is 20.8 Å². The first-order valence-corrected chi connectivity index (χ1v) is 31.3. The molecule has 93 heavy (non-hydrogen) atoms. The van der Waals surface area contributed by atoms with Gasteiger partial charge in [-0.15, -0.1) is 0 Å². The predicted octanol–water partition coefficient (Wildman–Crippen LogP) is -1.06. The zero-order chi connectivity index (χ0) is 70.5. The summed E-state index contributed by atoms with van der Waals surface area (Å²) < 4.78 is 0. The summed E-state index contributed by atoms with van der Waals surface area (Å²) in [6.45, 7) is 13.3. The van der Waals surface area contributed by atoms with E-state index in [1.54, 1.807) is 44.2 Å². The number of aliphatic carboxylic acids is 4. The quantitative estimate of drug-likeness (QED) is 0.0346. The van der Waals surface area contributed by atoms with Crippen LogP contribution in [0.25, 0.3) is 0 Å². The molecule has 11 amide bonds. The number of unbranched alkanes of at least 4 members (excludes halogenated alkanes) is 3. The Morgan fingerprint density at radius 3 is 1.17 bits per heavy atom. The summed E-state index contributed by atoms with van der Waals surface area (Å²) in [5.74, 6) is -16.1. The van der Waals surface area contributed by atoms with Gasteiger partial charge in [-0.2, -0.15) is 0 Å². The highest BCUT2D eigenvalue weighted by molar-refractivity contribution is 6.00. The molecule has 0 radical (unpaired) electrons. The average Bonchev–Trinajstić information content (AvgIpc) is 1.00. The number of nitrogens with two attached hydrogens (primary N) is 2. The molecule has 0 fully saturated rings. The number of primary amides is 1. The van der Waals surface area contributed by atoms with Gasteiger partial charge >= 0.3 is 23.9 Å². The van der Waals surface area contributed by atoms with Crippen molar-refractivity contribution in [3.8, 4) is 0 Å². The third-order valence-electron chi connectivity index (χ3n) is 14.9. The Morgan fingerprint density at radius 1 is 0.430 bits per heavy atom. The maximum Gasteiger partial charge on any atom is 0.305 e. The van der Waals surface area contributed by atoms with E-state index < -0.39 is 207 Å². The highest BCUT2D eigenvalue weighted by Crippen LogP contribution is 2.14. The maximum absolute atomic E-state index is 14.3. The van der Waals surface area contributed by atoms with Crippen LogP contribution < -0.4 is 70.0 Å². The van der Waals surface area contributed by atoms with E-state index >= 15 is 0 Å². The number of carboxylic acids is 4. The number of nitrogens with one attached hydrogen (secondary N) is 11. The van der Waals surface area contributed by atoms with E-state index in [2.05, 4.69) is 58.5 Å². The largest absolute Gasteiger partial charge is 0.481 e. The minimum absolute atomic E-state index is 0.0120. The fourth-order valence-electron chi connectivity index (χ4n) is 8.87. The third-order valence-corrected chi connectivity index (χ3v) is 14.9. The summed E-state index contributed by atoms with van der Waals surface area (Å²) in [6.07, 6.45) is -3.50. The third kappa shape index (κ3) is 33.4. The van der Waals surface area contributed by atoms with E-state index in [9.17, 15) is 92.3 Å². The summed E-state index contributed by atoms with van der Waals surface area (Å²) in [4.78, 5) is 198. The molecule has 19 N–H and O–H groups in total. The molecule has 1 aromatic rings. The topological polar surface area (TPSA) is 521 Å². The lowest BCUT2D eigenvalue weighted by molar-refractivity contribution is -0.141. The van der Waals surface area contributed by atoms with E-state index in [1.165, 1.54) is 20.8 Å². The van der Waals surface area contributed by atoms with Crippen LogP contribution in [-0.4, -0.2) is 182 Å². The van der Waals surface area contributed by atoms with Gasteiger partial charge in [0, 0.05) is 38.3 Å². The van der Waals surface area contributed by atoms with Gasteiger partial charge in [-0.25, -0.2) is 0 Å². The molecule has 0 saturated carbocycles.